The molecule has 3 aromatic rings. The van der Waals surface area contributed by atoms with Gasteiger partial charge < -0.3 is 15.3 Å². The Hall–Kier alpha value is -3.57. The van der Waals surface area contributed by atoms with Crippen LogP contribution < -0.4 is 10.2 Å². The van der Waals surface area contributed by atoms with Gasteiger partial charge in [-0.05, 0) is 55.9 Å². The van der Waals surface area contributed by atoms with Crippen LogP contribution in [0, 0.1) is 23.4 Å². The number of aliphatic hydroxyl groups is 1. The molecule has 2 N–H and O–H groups in total. The summed E-state index contributed by atoms with van der Waals surface area (Å²) < 4.78 is 70.4. The van der Waals surface area contributed by atoms with Gasteiger partial charge in [-0.15, -0.1) is 0 Å². The molecule has 0 spiro atoms. The average molecular weight is 580 g/mol. The van der Waals surface area contributed by atoms with Crippen molar-refractivity contribution in [2.24, 2.45) is 5.92 Å². The summed E-state index contributed by atoms with van der Waals surface area (Å²) in [5, 5.41) is 14.2. The van der Waals surface area contributed by atoms with Crippen LogP contribution in [0.1, 0.15) is 59.3 Å². The summed E-state index contributed by atoms with van der Waals surface area (Å²) in [5.41, 5.74) is -4.82. The molecule has 1 aliphatic heterocycles. The Morgan fingerprint density at radius 1 is 1.10 bits per heavy atom. The zero-order chi connectivity index (χ0) is 28.8. The van der Waals surface area contributed by atoms with E-state index in [-0.39, 0.29) is 34.8 Å². The Labute approximate surface area is 230 Å². The van der Waals surface area contributed by atoms with Gasteiger partial charge in [0.25, 0.3) is 18.2 Å². The van der Waals surface area contributed by atoms with Gasteiger partial charge in [-0.2, -0.15) is 0 Å². The highest BCUT2D eigenvalue weighted by atomic mass is 35.5. The molecule has 2 aliphatic rings. The van der Waals surface area contributed by atoms with Crippen LogP contribution in [0.2, 0.25) is 5.02 Å². The standard InChI is InChI=1S/C28H23ClF5N3O3/c29-15-11-17(24(25(33)34)35-12-15)26(38)36-16-9-7-14(8-10-16)13-37-21-6-2-4-19(30)22(21)28(40,27(37)39)18-3-1-5-20(31)23(18)32/h1-6,11-12,14,16,25,40H,7-10,13H2,(H,36,38)/t14-,16-,28?. The van der Waals surface area contributed by atoms with E-state index >= 15 is 0 Å². The summed E-state index contributed by atoms with van der Waals surface area (Å²) >= 11 is 5.84. The Morgan fingerprint density at radius 2 is 1.77 bits per heavy atom. The third-order valence-electron chi connectivity index (χ3n) is 7.50. The van der Waals surface area contributed by atoms with Crippen LogP contribution in [0.3, 0.4) is 0 Å². The van der Waals surface area contributed by atoms with Crippen molar-refractivity contribution in [2.75, 3.05) is 11.4 Å². The first-order valence-electron chi connectivity index (χ1n) is 12.5. The average Bonchev–Trinajstić information content (AvgIpc) is 3.14. The molecule has 5 rings (SSSR count). The lowest BCUT2D eigenvalue weighted by molar-refractivity contribution is -0.132. The van der Waals surface area contributed by atoms with Crippen LogP contribution in [-0.4, -0.2) is 34.5 Å². The van der Waals surface area contributed by atoms with Crippen molar-refractivity contribution < 1.29 is 36.6 Å². The fraction of sp³-hybridized carbons (Fsp3) is 0.321. The summed E-state index contributed by atoms with van der Waals surface area (Å²) in [6.07, 6.45) is -0.00871. The first kappa shape index (κ1) is 28.0. The van der Waals surface area contributed by atoms with Crippen molar-refractivity contribution in [3.8, 4) is 0 Å². The van der Waals surface area contributed by atoms with Gasteiger partial charge in [0.05, 0.1) is 21.8 Å². The third kappa shape index (κ3) is 4.81. The normalized spacial score (nSPS) is 22.5. The number of hydrogen-bond donors (Lipinski definition) is 2. The van der Waals surface area contributed by atoms with E-state index in [9.17, 15) is 36.6 Å². The number of halogens is 6. The molecular formula is C28H23ClF5N3O3. The molecule has 6 nitrogen and oxygen atoms in total. The van der Waals surface area contributed by atoms with Gasteiger partial charge in [0.2, 0.25) is 5.60 Å². The zero-order valence-electron chi connectivity index (χ0n) is 20.8. The monoisotopic (exact) mass is 579 g/mol. The molecule has 1 fully saturated rings. The lowest BCUT2D eigenvalue weighted by atomic mass is 9.85. The minimum Gasteiger partial charge on any atom is -0.371 e. The van der Waals surface area contributed by atoms with E-state index in [2.05, 4.69) is 10.3 Å². The summed E-state index contributed by atoms with van der Waals surface area (Å²) in [7, 11) is 0. The maximum atomic E-state index is 15.0. The molecule has 1 aliphatic carbocycles. The van der Waals surface area contributed by atoms with E-state index in [0.29, 0.717) is 25.7 Å². The molecule has 2 aromatic carbocycles. The molecule has 1 aromatic heterocycles. The number of nitrogens with zero attached hydrogens (tertiary/aromatic N) is 2. The second-order valence-electron chi connectivity index (χ2n) is 9.94. The molecule has 1 saturated carbocycles. The quantitative estimate of drug-likeness (QED) is 0.369. The first-order valence-corrected chi connectivity index (χ1v) is 12.9. The first-order chi connectivity index (χ1) is 19.0. The molecule has 2 amide bonds. The van der Waals surface area contributed by atoms with Gasteiger partial charge in [0.15, 0.2) is 11.6 Å². The predicted octanol–water partition coefficient (Wildman–Crippen LogP) is 5.66. The van der Waals surface area contributed by atoms with E-state index in [4.69, 9.17) is 11.6 Å². The van der Waals surface area contributed by atoms with Crippen LogP contribution >= 0.6 is 11.6 Å². The van der Waals surface area contributed by atoms with E-state index in [1.807, 2.05) is 0 Å². The summed E-state index contributed by atoms with van der Waals surface area (Å²) in [6.45, 7) is 0.0585. The SMILES string of the molecule is O=C(N[C@H]1CC[C@H](CN2C(=O)C(O)(c3cccc(F)c3F)c3c(F)cccc32)CC1)c1cc(Cl)cnc1C(F)F. The molecular weight excluding hydrogens is 557 g/mol. The van der Waals surface area contributed by atoms with Crippen LogP contribution in [-0.2, 0) is 10.4 Å². The van der Waals surface area contributed by atoms with Gasteiger partial charge in [-0.1, -0.05) is 29.8 Å². The molecule has 0 saturated heterocycles. The molecule has 0 radical (unpaired) electrons. The molecule has 1 atom stereocenters. The third-order valence-corrected chi connectivity index (χ3v) is 7.71. The number of benzene rings is 2. The van der Waals surface area contributed by atoms with Crippen molar-refractivity contribution in [3.05, 3.63) is 93.5 Å². The topological polar surface area (TPSA) is 82.5 Å². The number of anilines is 1. The van der Waals surface area contributed by atoms with Crippen LogP contribution in [0.4, 0.5) is 27.6 Å². The minimum atomic E-state index is -2.96. The molecule has 12 heteroatoms. The molecule has 0 bridgehead atoms. The second kappa shape index (κ2) is 10.8. The highest BCUT2D eigenvalue weighted by Gasteiger charge is 2.54. The summed E-state index contributed by atoms with van der Waals surface area (Å²) in [6, 6.07) is 7.60. The number of aromatic nitrogens is 1. The summed E-state index contributed by atoms with van der Waals surface area (Å²) in [4.78, 5) is 31.0. The largest absolute Gasteiger partial charge is 0.371 e. The van der Waals surface area contributed by atoms with Crippen molar-refractivity contribution in [3.63, 3.8) is 0 Å². The van der Waals surface area contributed by atoms with Crippen LogP contribution in [0.5, 0.6) is 0 Å². The van der Waals surface area contributed by atoms with Gasteiger partial charge in [-0.3, -0.25) is 14.6 Å². The molecule has 40 heavy (non-hydrogen) atoms. The number of carbonyl (C=O) groups is 2. The Kier molecular flexibility index (Phi) is 7.54. The lowest BCUT2D eigenvalue weighted by Gasteiger charge is -2.32. The molecule has 2 heterocycles. The number of fused-ring (bicyclic) bond motifs is 1. The minimum absolute atomic E-state index is 0.0448. The smallest absolute Gasteiger partial charge is 0.281 e. The van der Waals surface area contributed by atoms with E-state index < -0.39 is 58.1 Å². The highest BCUT2D eigenvalue weighted by Crippen LogP contribution is 2.47. The summed E-state index contributed by atoms with van der Waals surface area (Å²) in [5.74, 6) is -5.54. The number of hydrogen-bond acceptors (Lipinski definition) is 4. The lowest BCUT2D eigenvalue weighted by Crippen LogP contribution is -2.45. The van der Waals surface area contributed by atoms with E-state index in [1.54, 1.807) is 0 Å². The predicted molar refractivity (Wildman–Crippen MR) is 136 cm³/mol. The molecule has 1 unspecified atom stereocenters. The zero-order valence-corrected chi connectivity index (χ0v) is 21.6. The number of alkyl halides is 2. The second-order valence-corrected chi connectivity index (χ2v) is 10.4. The van der Waals surface area contributed by atoms with Crippen LogP contribution in [0.25, 0.3) is 0 Å². The number of pyridine rings is 1. The number of amides is 2. The van der Waals surface area contributed by atoms with Crippen LogP contribution in [0.15, 0.2) is 48.7 Å². The van der Waals surface area contributed by atoms with E-state index in [1.165, 1.54) is 17.0 Å². The van der Waals surface area contributed by atoms with Crippen molar-refractivity contribution >= 4 is 29.1 Å². The Morgan fingerprint density at radius 3 is 2.48 bits per heavy atom. The van der Waals surface area contributed by atoms with Crippen molar-refractivity contribution in [1.29, 1.82) is 0 Å². The maximum absolute atomic E-state index is 15.0. The van der Waals surface area contributed by atoms with Gasteiger partial charge in [0, 0.05) is 24.3 Å². The van der Waals surface area contributed by atoms with Gasteiger partial charge in [0.1, 0.15) is 11.5 Å². The van der Waals surface area contributed by atoms with Crippen molar-refractivity contribution in [2.45, 2.75) is 43.8 Å². The highest BCUT2D eigenvalue weighted by molar-refractivity contribution is 6.30. The fourth-order valence-electron chi connectivity index (χ4n) is 5.54. The van der Waals surface area contributed by atoms with Crippen molar-refractivity contribution in [1.82, 2.24) is 10.3 Å². The number of nitrogens with one attached hydrogen (secondary N) is 1. The fourth-order valence-corrected chi connectivity index (χ4v) is 5.70. The van der Waals surface area contributed by atoms with E-state index in [0.717, 1.165) is 36.5 Å². The van der Waals surface area contributed by atoms with Gasteiger partial charge in [-0.25, -0.2) is 22.0 Å². The van der Waals surface area contributed by atoms with Gasteiger partial charge >= 0.3 is 0 Å². The Bertz CT molecular complexity index is 1480. The number of rotatable bonds is 6. The number of carbonyl (C=O) groups excluding carboxylic acids is 2. The molecule has 210 valence electrons. The Balaban J connectivity index is 1.31. The maximum Gasteiger partial charge on any atom is 0.281 e.